The molecule has 2 unspecified atom stereocenters. The zero-order valence-corrected chi connectivity index (χ0v) is 12.1. The van der Waals surface area contributed by atoms with Gasteiger partial charge in [-0.1, -0.05) is 18.1 Å². The van der Waals surface area contributed by atoms with E-state index in [0.29, 0.717) is 5.92 Å². The third-order valence-electron chi connectivity index (χ3n) is 4.66. The lowest BCUT2D eigenvalue weighted by atomic mass is 9.93. The number of aliphatic hydroxyl groups is 1. The summed E-state index contributed by atoms with van der Waals surface area (Å²) < 4.78 is 0. The Balaban J connectivity index is 2.05. The number of aromatic nitrogens is 1. The van der Waals surface area contributed by atoms with Crippen LogP contribution >= 0.6 is 0 Å². The first-order chi connectivity index (χ1) is 9.06. The number of aromatic amines is 1. The maximum absolute atomic E-state index is 10.0. The Bertz CT molecular complexity index is 611. The fourth-order valence-corrected chi connectivity index (χ4v) is 3.62. The second-order valence-electron chi connectivity index (χ2n) is 6.20. The van der Waals surface area contributed by atoms with E-state index in [1.54, 1.807) is 0 Å². The lowest BCUT2D eigenvalue weighted by Crippen LogP contribution is -2.15. The SMILES string of the molecule is Cc1cc(C)c2[nH]c(C)c(CC3CCCC3O)c2c1. The van der Waals surface area contributed by atoms with Crippen molar-refractivity contribution in [1.29, 1.82) is 0 Å². The third-order valence-corrected chi connectivity index (χ3v) is 4.66. The number of fused-ring (bicyclic) bond motifs is 1. The average Bonchev–Trinajstić information content (AvgIpc) is 2.87. The highest BCUT2D eigenvalue weighted by Gasteiger charge is 2.26. The molecule has 2 nitrogen and oxygen atoms in total. The number of hydrogen-bond donors (Lipinski definition) is 2. The van der Waals surface area contributed by atoms with Gasteiger partial charge in [-0.3, -0.25) is 0 Å². The summed E-state index contributed by atoms with van der Waals surface area (Å²) in [4.78, 5) is 3.53. The summed E-state index contributed by atoms with van der Waals surface area (Å²) in [5, 5.41) is 11.4. The normalized spacial score (nSPS) is 23.4. The minimum absolute atomic E-state index is 0.102. The average molecular weight is 257 g/mol. The maximum Gasteiger partial charge on any atom is 0.0571 e. The van der Waals surface area contributed by atoms with Gasteiger partial charge in [0.1, 0.15) is 0 Å². The molecule has 102 valence electrons. The van der Waals surface area contributed by atoms with Gasteiger partial charge < -0.3 is 10.1 Å². The molecule has 2 N–H and O–H groups in total. The molecule has 0 radical (unpaired) electrons. The molecule has 0 aliphatic heterocycles. The molecular formula is C17H23NO. The van der Waals surface area contributed by atoms with Gasteiger partial charge in [-0.25, -0.2) is 0 Å². The molecule has 1 aromatic heterocycles. The highest BCUT2D eigenvalue weighted by molar-refractivity contribution is 5.88. The monoisotopic (exact) mass is 257 g/mol. The van der Waals surface area contributed by atoms with Crippen LogP contribution in [0, 0.1) is 26.7 Å². The molecule has 1 aromatic carbocycles. The van der Waals surface area contributed by atoms with Crippen molar-refractivity contribution in [2.45, 2.75) is 52.6 Å². The fourth-order valence-electron chi connectivity index (χ4n) is 3.62. The van der Waals surface area contributed by atoms with Crippen molar-refractivity contribution in [1.82, 2.24) is 4.98 Å². The molecule has 1 aliphatic rings. The third kappa shape index (κ3) is 2.18. The molecule has 0 spiro atoms. The van der Waals surface area contributed by atoms with E-state index in [1.165, 1.54) is 39.7 Å². The van der Waals surface area contributed by atoms with Crippen molar-refractivity contribution < 1.29 is 5.11 Å². The first-order valence-electron chi connectivity index (χ1n) is 7.32. The molecule has 2 aromatic rings. The molecule has 3 rings (SSSR count). The van der Waals surface area contributed by atoms with Crippen LogP contribution in [0.4, 0.5) is 0 Å². The zero-order valence-electron chi connectivity index (χ0n) is 12.1. The van der Waals surface area contributed by atoms with E-state index in [1.807, 2.05) is 0 Å². The molecule has 2 heteroatoms. The highest BCUT2D eigenvalue weighted by atomic mass is 16.3. The molecular weight excluding hydrogens is 234 g/mol. The van der Waals surface area contributed by atoms with Gasteiger partial charge in [0.15, 0.2) is 0 Å². The molecule has 1 saturated carbocycles. The van der Waals surface area contributed by atoms with Crippen molar-refractivity contribution >= 4 is 10.9 Å². The first-order valence-corrected chi connectivity index (χ1v) is 7.32. The summed E-state index contributed by atoms with van der Waals surface area (Å²) in [7, 11) is 0. The van der Waals surface area contributed by atoms with E-state index in [2.05, 4.69) is 37.9 Å². The molecule has 1 heterocycles. The summed E-state index contributed by atoms with van der Waals surface area (Å²) in [5.74, 6) is 0.443. The molecule has 1 aliphatic carbocycles. The van der Waals surface area contributed by atoms with Crippen LogP contribution in [0.1, 0.15) is 41.6 Å². The largest absolute Gasteiger partial charge is 0.393 e. The van der Waals surface area contributed by atoms with E-state index in [0.717, 1.165) is 19.3 Å². The standard InChI is InChI=1S/C17H23NO/c1-10-7-11(2)17-15(8-10)14(12(3)18-17)9-13-5-4-6-16(13)19/h7-8,13,16,18-19H,4-6,9H2,1-3H3. The topological polar surface area (TPSA) is 36.0 Å². The molecule has 0 amide bonds. The lowest BCUT2D eigenvalue weighted by Gasteiger charge is -2.14. The van der Waals surface area contributed by atoms with Gasteiger partial charge in [-0.2, -0.15) is 0 Å². The number of nitrogens with one attached hydrogen (secondary N) is 1. The quantitative estimate of drug-likeness (QED) is 0.843. The van der Waals surface area contributed by atoms with Crippen LogP contribution < -0.4 is 0 Å². The van der Waals surface area contributed by atoms with Gasteiger partial charge in [0.05, 0.1) is 6.10 Å². The van der Waals surface area contributed by atoms with Crippen LogP contribution in [0.25, 0.3) is 10.9 Å². The predicted molar refractivity (Wildman–Crippen MR) is 79.6 cm³/mol. The minimum Gasteiger partial charge on any atom is -0.393 e. The Hall–Kier alpha value is -1.28. The van der Waals surface area contributed by atoms with Gasteiger partial charge >= 0.3 is 0 Å². The fraction of sp³-hybridized carbons (Fsp3) is 0.529. The van der Waals surface area contributed by atoms with Gasteiger partial charge in [0.2, 0.25) is 0 Å². The Morgan fingerprint density at radius 2 is 2.00 bits per heavy atom. The van der Waals surface area contributed by atoms with Crippen LogP contribution in [0.15, 0.2) is 12.1 Å². The number of aryl methyl sites for hydroxylation is 3. The van der Waals surface area contributed by atoms with E-state index in [-0.39, 0.29) is 6.10 Å². The summed E-state index contributed by atoms with van der Waals surface area (Å²) in [6.07, 6.45) is 4.22. The minimum atomic E-state index is -0.102. The Morgan fingerprint density at radius 1 is 1.21 bits per heavy atom. The van der Waals surface area contributed by atoms with Crippen molar-refractivity contribution in [3.05, 3.63) is 34.5 Å². The second-order valence-corrected chi connectivity index (χ2v) is 6.20. The summed E-state index contributed by atoms with van der Waals surface area (Å²) in [6, 6.07) is 4.51. The second kappa shape index (κ2) is 4.68. The summed E-state index contributed by atoms with van der Waals surface area (Å²) in [6.45, 7) is 6.48. The molecule has 0 bridgehead atoms. The van der Waals surface area contributed by atoms with Crippen LogP contribution in [0.2, 0.25) is 0 Å². The summed E-state index contributed by atoms with van der Waals surface area (Å²) >= 11 is 0. The maximum atomic E-state index is 10.0. The van der Waals surface area contributed by atoms with Crippen molar-refractivity contribution in [3.8, 4) is 0 Å². The summed E-state index contributed by atoms with van der Waals surface area (Å²) in [5.41, 5.74) is 6.58. The van der Waals surface area contributed by atoms with Crippen molar-refractivity contribution in [2.75, 3.05) is 0 Å². The van der Waals surface area contributed by atoms with E-state index in [9.17, 15) is 5.11 Å². The number of rotatable bonds is 2. The van der Waals surface area contributed by atoms with Crippen LogP contribution in [-0.4, -0.2) is 16.2 Å². The number of aliphatic hydroxyl groups excluding tert-OH is 1. The van der Waals surface area contributed by atoms with E-state index in [4.69, 9.17) is 0 Å². The smallest absolute Gasteiger partial charge is 0.0571 e. The number of H-pyrrole nitrogens is 1. The predicted octanol–water partition coefficient (Wildman–Crippen LogP) is 3.80. The van der Waals surface area contributed by atoms with Crippen molar-refractivity contribution in [2.24, 2.45) is 5.92 Å². The lowest BCUT2D eigenvalue weighted by molar-refractivity contribution is 0.133. The Labute approximate surface area is 114 Å². The number of hydrogen-bond acceptors (Lipinski definition) is 1. The van der Waals surface area contributed by atoms with Gasteiger partial charge in [0.25, 0.3) is 0 Å². The first kappa shape index (κ1) is 12.7. The van der Waals surface area contributed by atoms with Crippen molar-refractivity contribution in [3.63, 3.8) is 0 Å². The van der Waals surface area contributed by atoms with Gasteiger partial charge in [0, 0.05) is 16.6 Å². The molecule has 0 saturated heterocycles. The highest BCUT2D eigenvalue weighted by Crippen LogP contribution is 2.33. The van der Waals surface area contributed by atoms with Gasteiger partial charge in [-0.15, -0.1) is 0 Å². The van der Waals surface area contributed by atoms with Gasteiger partial charge in [-0.05, 0) is 63.1 Å². The molecule has 19 heavy (non-hydrogen) atoms. The van der Waals surface area contributed by atoms with E-state index < -0.39 is 0 Å². The molecule has 1 fully saturated rings. The molecule has 2 atom stereocenters. The van der Waals surface area contributed by atoms with Crippen LogP contribution in [0.3, 0.4) is 0 Å². The Morgan fingerprint density at radius 3 is 2.68 bits per heavy atom. The van der Waals surface area contributed by atoms with E-state index >= 15 is 0 Å². The Kier molecular flexibility index (Phi) is 3.14. The number of benzene rings is 1. The van der Waals surface area contributed by atoms with Crippen LogP contribution in [0.5, 0.6) is 0 Å². The van der Waals surface area contributed by atoms with Crippen LogP contribution in [-0.2, 0) is 6.42 Å². The zero-order chi connectivity index (χ0) is 13.6.